The van der Waals surface area contributed by atoms with Crippen molar-refractivity contribution in [2.45, 2.75) is 38.1 Å². The summed E-state index contributed by atoms with van der Waals surface area (Å²) in [7, 11) is 0. The van der Waals surface area contributed by atoms with E-state index in [9.17, 15) is 4.79 Å². The molecule has 1 aliphatic heterocycles. The number of halogens is 1. The van der Waals surface area contributed by atoms with Crippen LogP contribution in [0, 0.1) is 0 Å². The van der Waals surface area contributed by atoms with Crippen LogP contribution >= 0.6 is 11.6 Å². The smallest absolute Gasteiger partial charge is 0.256 e. The Balaban J connectivity index is 1.40. The molecule has 1 saturated carbocycles. The SMILES string of the molecule is O=C(c1cn(-c2ncccn2)c2cc(Cl)ccc12)N1CCN(C2CCCCC2)CC1. The van der Waals surface area contributed by atoms with Crippen molar-refractivity contribution in [1.82, 2.24) is 24.3 Å². The molecule has 0 unspecified atom stereocenters. The number of rotatable bonds is 3. The fourth-order valence-corrected chi connectivity index (χ4v) is 5.02. The number of amides is 1. The van der Waals surface area contributed by atoms with Gasteiger partial charge in [0.15, 0.2) is 0 Å². The standard InChI is InChI=1S/C23H26ClN5O/c24-17-7-8-19-20(16-29(21(19)15-17)23-25-9-4-10-26-23)22(30)28-13-11-27(12-14-28)18-5-2-1-3-6-18/h4,7-10,15-16,18H,1-3,5-6,11-14H2. The second-order valence-corrected chi connectivity index (χ2v) is 8.68. The van der Waals surface area contributed by atoms with Crippen LogP contribution in [0.1, 0.15) is 42.5 Å². The summed E-state index contributed by atoms with van der Waals surface area (Å²) >= 11 is 6.25. The van der Waals surface area contributed by atoms with Crippen molar-refractivity contribution in [2.24, 2.45) is 0 Å². The van der Waals surface area contributed by atoms with Crippen LogP contribution in [-0.4, -0.2) is 62.5 Å². The molecule has 1 saturated heterocycles. The summed E-state index contributed by atoms with van der Waals surface area (Å²) in [6, 6.07) is 8.10. The van der Waals surface area contributed by atoms with Crippen LogP contribution in [0.25, 0.3) is 16.9 Å². The van der Waals surface area contributed by atoms with Crippen LogP contribution in [0.3, 0.4) is 0 Å². The third kappa shape index (κ3) is 3.70. The molecule has 0 radical (unpaired) electrons. The van der Waals surface area contributed by atoms with Gasteiger partial charge >= 0.3 is 0 Å². The Bertz CT molecular complexity index is 1040. The Labute approximate surface area is 181 Å². The van der Waals surface area contributed by atoms with Crippen LogP contribution in [0.15, 0.2) is 42.9 Å². The third-order valence-corrected chi connectivity index (χ3v) is 6.69. The van der Waals surface area contributed by atoms with E-state index in [1.807, 2.05) is 33.9 Å². The van der Waals surface area contributed by atoms with Gasteiger partial charge in [-0.25, -0.2) is 9.97 Å². The number of nitrogens with zero attached hydrogens (tertiary/aromatic N) is 5. The Kier molecular flexibility index (Phi) is 5.44. The molecule has 2 fully saturated rings. The highest BCUT2D eigenvalue weighted by Gasteiger charge is 2.29. The molecule has 0 bridgehead atoms. The highest BCUT2D eigenvalue weighted by Crippen LogP contribution is 2.28. The predicted molar refractivity (Wildman–Crippen MR) is 118 cm³/mol. The second kappa shape index (κ2) is 8.36. The molecule has 3 heterocycles. The van der Waals surface area contributed by atoms with E-state index >= 15 is 0 Å². The minimum absolute atomic E-state index is 0.0697. The number of fused-ring (bicyclic) bond motifs is 1. The van der Waals surface area contributed by atoms with Gasteiger partial charge in [0.1, 0.15) is 0 Å². The topological polar surface area (TPSA) is 54.3 Å². The van der Waals surface area contributed by atoms with E-state index in [1.165, 1.54) is 32.1 Å². The molecule has 30 heavy (non-hydrogen) atoms. The zero-order chi connectivity index (χ0) is 20.5. The lowest BCUT2D eigenvalue weighted by Crippen LogP contribution is -2.52. The molecular weight excluding hydrogens is 398 g/mol. The van der Waals surface area contributed by atoms with E-state index in [1.54, 1.807) is 18.5 Å². The third-order valence-electron chi connectivity index (χ3n) is 6.46. The van der Waals surface area contributed by atoms with Gasteiger partial charge in [-0.3, -0.25) is 14.3 Å². The minimum Gasteiger partial charge on any atom is -0.336 e. The maximum Gasteiger partial charge on any atom is 0.256 e. The Morgan fingerprint density at radius 2 is 1.73 bits per heavy atom. The van der Waals surface area contributed by atoms with Crippen molar-refractivity contribution in [3.8, 4) is 5.95 Å². The Hall–Kier alpha value is -2.44. The van der Waals surface area contributed by atoms with Gasteiger partial charge in [0.05, 0.1) is 11.1 Å². The molecule has 3 aromatic rings. The first-order valence-corrected chi connectivity index (χ1v) is 11.2. The monoisotopic (exact) mass is 423 g/mol. The molecule has 1 amide bonds. The molecule has 2 aromatic heterocycles. The second-order valence-electron chi connectivity index (χ2n) is 8.24. The number of benzene rings is 1. The fourth-order valence-electron chi connectivity index (χ4n) is 4.86. The highest BCUT2D eigenvalue weighted by molar-refractivity contribution is 6.31. The number of aromatic nitrogens is 3. The van der Waals surface area contributed by atoms with Crippen molar-refractivity contribution in [2.75, 3.05) is 26.2 Å². The summed E-state index contributed by atoms with van der Waals surface area (Å²) in [4.78, 5) is 26.7. The Morgan fingerprint density at radius 3 is 2.47 bits per heavy atom. The zero-order valence-electron chi connectivity index (χ0n) is 17.0. The van der Waals surface area contributed by atoms with E-state index in [-0.39, 0.29) is 5.91 Å². The molecule has 0 N–H and O–H groups in total. The molecule has 156 valence electrons. The van der Waals surface area contributed by atoms with Crippen molar-refractivity contribution in [3.63, 3.8) is 0 Å². The summed E-state index contributed by atoms with van der Waals surface area (Å²) in [5.74, 6) is 0.603. The highest BCUT2D eigenvalue weighted by atomic mass is 35.5. The lowest BCUT2D eigenvalue weighted by atomic mass is 9.94. The van der Waals surface area contributed by atoms with E-state index in [2.05, 4.69) is 14.9 Å². The van der Waals surface area contributed by atoms with Crippen molar-refractivity contribution in [3.05, 3.63) is 53.4 Å². The zero-order valence-corrected chi connectivity index (χ0v) is 17.8. The number of carbonyl (C=O) groups is 1. The number of piperazine rings is 1. The largest absolute Gasteiger partial charge is 0.336 e. The average Bonchev–Trinajstić information content (AvgIpc) is 3.18. The average molecular weight is 424 g/mol. The molecular formula is C23H26ClN5O. The van der Waals surface area contributed by atoms with Gasteiger partial charge in [-0.15, -0.1) is 0 Å². The van der Waals surface area contributed by atoms with Gasteiger partial charge in [0.25, 0.3) is 5.91 Å². The minimum atomic E-state index is 0.0697. The van der Waals surface area contributed by atoms with Crippen molar-refractivity contribution >= 4 is 28.4 Å². The molecule has 6 nitrogen and oxygen atoms in total. The van der Waals surface area contributed by atoms with Gasteiger partial charge in [0, 0.05) is 61.2 Å². The van der Waals surface area contributed by atoms with Crippen LogP contribution in [0.5, 0.6) is 0 Å². The molecule has 0 atom stereocenters. The molecule has 2 aliphatic rings. The van der Waals surface area contributed by atoms with E-state index in [0.29, 0.717) is 22.6 Å². The van der Waals surface area contributed by atoms with Gasteiger partial charge in [-0.05, 0) is 31.0 Å². The molecule has 1 aromatic carbocycles. The van der Waals surface area contributed by atoms with Gasteiger partial charge in [-0.1, -0.05) is 36.9 Å². The first-order chi connectivity index (χ1) is 14.7. The Morgan fingerprint density at radius 1 is 1.00 bits per heavy atom. The maximum atomic E-state index is 13.4. The predicted octanol–water partition coefficient (Wildman–Crippen LogP) is 4.16. The van der Waals surface area contributed by atoms with Gasteiger partial charge in [-0.2, -0.15) is 0 Å². The van der Waals surface area contributed by atoms with Crippen molar-refractivity contribution < 1.29 is 4.79 Å². The van der Waals surface area contributed by atoms with E-state index in [4.69, 9.17) is 11.6 Å². The summed E-state index contributed by atoms with van der Waals surface area (Å²) in [6.07, 6.45) is 11.9. The van der Waals surface area contributed by atoms with Crippen LogP contribution in [-0.2, 0) is 0 Å². The maximum absolute atomic E-state index is 13.4. The summed E-state index contributed by atoms with van der Waals surface area (Å²) in [6.45, 7) is 3.47. The van der Waals surface area contributed by atoms with Gasteiger partial charge < -0.3 is 4.90 Å². The number of hydrogen-bond acceptors (Lipinski definition) is 4. The molecule has 0 spiro atoms. The van der Waals surface area contributed by atoms with E-state index < -0.39 is 0 Å². The molecule has 7 heteroatoms. The van der Waals surface area contributed by atoms with Crippen LogP contribution < -0.4 is 0 Å². The summed E-state index contributed by atoms with van der Waals surface area (Å²) in [5, 5.41) is 1.50. The first-order valence-electron chi connectivity index (χ1n) is 10.8. The van der Waals surface area contributed by atoms with Crippen LogP contribution in [0.4, 0.5) is 0 Å². The lowest BCUT2D eigenvalue weighted by molar-refractivity contribution is 0.0525. The first kappa shape index (κ1) is 19.5. The van der Waals surface area contributed by atoms with Gasteiger partial charge in [0.2, 0.25) is 5.95 Å². The lowest BCUT2D eigenvalue weighted by Gasteiger charge is -2.40. The molecule has 5 rings (SSSR count). The summed E-state index contributed by atoms with van der Waals surface area (Å²) in [5.41, 5.74) is 1.53. The quantitative estimate of drug-likeness (QED) is 0.634. The normalized spacial score (nSPS) is 18.8. The summed E-state index contributed by atoms with van der Waals surface area (Å²) < 4.78 is 1.85. The number of hydrogen-bond donors (Lipinski definition) is 0. The van der Waals surface area contributed by atoms with E-state index in [0.717, 1.165) is 37.1 Å². The molecule has 1 aliphatic carbocycles. The fraction of sp³-hybridized carbons (Fsp3) is 0.435. The van der Waals surface area contributed by atoms with Crippen molar-refractivity contribution in [1.29, 1.82) is 0 Å². The number of carbonyl (C=O) groups excluding carboxylic acids is 1. The van der Waals surface area contributed by atoms with Crippen LogP contribution in [0.2, 0.25) is 5.02 Å².